The van der Waals surface area contributed by atoms with E-state index < -0.39 is 0 Å². The molecule has 0 spiro atoms. The van der Waals surface area contributed by atoms with Crippen LogP contribution in [0.5, 0.6) is 0 Å². The molecular weight excluding hydrogens is 222 g/mol. The third kappa shape index (κ3) is 2.22. The highest BCUT2D eigenvalue weighted by Crippen LogP contribution is 2.31. The van der Waals surface area contributed by atoms with E-state index in [4.69, 9.17) is 0 Å². The Morgan fingerprint density at radius 3 is 2.94 bits per heavy atom. The van der Waals surface area contributed by atoms with Crippen LogP contribution in [-0.4, -0.2) is 16.2 Å². The van der Waals surface area contributed by atoms with Crippen LogP contribution in [0.2, 0.25) is 0 Å². The minimum atomic E-state index is 0.626. The summed E-state index contributed by atoms with van der Waals surface area (Å²) in [6.07, 6.45) is 5.79. The van der Waals surface area contributed by atoms with E-state index in [-0.39, 0.29) is 0 Å². The highest BCUT2D eigenvalue weighted by atomic mass is 15.1. The van der Waals surface area contributed by atoms with Gasteiger partial charge in [-0.2, -0.15) is 5.10 Å². The number of nitrogens with one attached hydrogen (secondary N) is 2. The van der Waals surface area contributed by atoms with E-state index in [1.54, 1.807) is 0 Å². The molecule has 1 aliphatic carbocycles. The number of nitrogens with zero attached hydrogens (tertiary/aromatic N) is 1. The number of fused-ring (bicyclic) bond motifs is 1. The van der Waals surface area contributed by atoms with Gasteiger partial charge in [0.05, 0.1) is 11.7 Å². The smallest absolute Gasteiger partial charge is 0.0651 e. The van der Waals surface area contributed by atoms with Crippen LogP contribution >= 0.6 is 0 Å². The first-order valence-electron chi connectivity index (χ1n) is 6.92. The predicted molar refractivity (Wildman–Crippen MR) is 75.7 cm³/mol. The zero-order valence-corrected chi connectivity index (χ0v) is 11.1. The molecule has 96 valence electrons. The van der Waals surface area contributed by atoms with Gasteiger partial charge in [0.25, 0.3) is 0 Å². The van der Waals surface area contributed by atoms with Gasteiger partial charge in [-0.05, 0) is 49.3 Å². The van der Waals surface area contributed by atoms with Crippen LogP contribution < -0.4 is 5.32 Å². The minimum Gasteiger partial charge on any atom is -0.382 e. The number of aromatic amines is 1. The van der Waals surface area contributed by atoms with Crippen molar-refractivity contribution in [2.24, 2.45) is 11.8 Å². The van der Waals surface area contributed by atoms with E-state index >= 15 is 0 Å². The lowest BCUT2D eigenvalue weighted by atomic mass is 9.79. The van der Waals surface area contributed by atoms with Crippen molar-refractivity contribution in [1.82, 2.24) is 10.2 Å². The molecule has 1 heterocycles. The highest BCUT2D eigenvalue weighted by molar-refractivity contribution is 5.81. The number of anilines is 1. The van der Waals surface area contributed by atoms with Crippen molar-refractivity contribution in [1.29, 1.82) is 0 Å². The van der Waals surface area contributed by atoms with E-state index in [0.717, 1.165) is 17.4 Å². The van der Waals surface area contributed by atoms with E-state index in [0.29, 0.717) is 6.04 Å². The van der Waals surface area contributed by atoms with Crippen molar-refractivity contribution >= 4 is 16.6 Å². The summed E-state index contributed by atoms with van der Waals surface area (Å²) in [6, 6.07) is 7.05. The van der Waals surface area contributed by atoms with E-state index in [1.807, 2.05) is 6.20 Å². The first-order valence-corrected chi connectivity index (χ1v) is 6.92. The summed E-state index contributed by atoms with van der Waals surface area (Å²) in [4.78, 5) is 0. The van der Waals surface area contributed by atoms with Crippen molar-refractivity contribution < 1.29 is 0 Å². The number of benzene rings is 1. The average Bonchev–Trinajstić information content (AvgIpc) is 2.81. The Bertz CT molecular complexity index is 531. The summed E-state index contributed by atoms with van der Waals surface area (Å²) in [7, 11) is 0. The van der Waals surface area contributed by atoms with Gasteiger partial charge in [-0.3, -0.25) is 5.10 Å². The van der Waals surface area contributed by atoms with Crippen LogP contribution in [0.25, 0.3) is 10.9 Å². The van der Waals surface area contributed by atoms with E-state index in [9.17, 15) is 0 Å². The third-order valence-corrected chi connectivity index (χ3v) is 4.41. The Morgan fingerprint density at radius 1 is 1.22 bits per heavy atom. The van der Waals surface area contributed by atoms with Crippen LogP contribution in [0.4, 0.5) is 5.69 Å². The zero-order chi connectivity index (χ0) is 12.5. The van der Waals surface area contributed by atoms with Gasteiger partial charge in [-0.25, -0.2) is 0 Å². The van der Waals surface area contributed by atoms with Gasteiger partial charge < -0.3 is 5.32 Å². The number of H-pyrrole nitrogens is 1. The summed E-state index contributed by atoms with van der Waals surface area (Å²) in [5.74, 6) is 1.70. The third-order valence-electron chi connectivity index (χ3n) is 4.41. The lowest BCUT2D eigenvalue weighted by molar-refractivity contribution is 0.261. The molecule has 0 aliphatic heterocycles. The molecule has 1 aromatic heterocycles. The quantitative estimate of drug-likeness (QED) is 0.842. The second kappa shape index (κ2) is 4.63. The SMILES string of the molecule is CC1CCC(Nc2ccc3[nH]ncc3c2)CC1C. The van der Waals surface area contributed by atoms with Gasteiger partial charge in [-0.15, -0.1) is 0 Å². The number of hydrogen-bond donors (Lipinski definition) is 2. The van der Waals surface area contributed by atoms with Crippen molar-refractivity contribution in [3.05, 3.63) is 24.4 Å². The Hall–Kier alpha value is -1.51. The van der Waals surface area contributed by atoms with Crippen LogP contribution in [0.3, 0.4) is 0 Å². The second-order valence-electron chi connectivity index (χ2n) is 5.78. The van der Waals surface area contributed by atoms with E-state index in [1.165, 1.54) is 30.3 Å². The lowest BCUT2D eigenvalue weighted by Gasteiger charge is -2.33. The molecule has 1 aromatic carbocycles. The molecule has 3 heteroatoms. The summed E-state index contributed by atoms with van der Waals surface area (Å²) < 4.78 is 0. The summed E-state index contributed by atoms with van der Waals surface area (Å²) in [5, 5.41) is 11.9. The van der Waals surface area contributed by atoms with Gasteiger partial charge in [-0.1, -0.05) is 13.8 Å². The first kappa shape index (κ1) is 11.6. The summed E-state index contributed by atoms with van der Waals surface area (Å²) in [6.45, 7) is 4.75. The fraction of sp³-hybridized carbons (Fsp3) is 0.533. The van der Waals surface area contributed by atoms with Gasteiger partial charge in [0.15, 0.2) is 0 Å². The Balaban J connectivity index is 1.72. The molecule has 0 bridgehead atoms. The Morgan fingerprint density at radius 2 is 2.11 bits per heavy atom. The molecule has 3 rings (SSSR count). The van der Waals surface area contributed by atoms with Crippen molar-refractivity contribution in [3.63, 3.8) is 0 Å². The maximum Gasteiger partial charge on any atom is 0.0651 e. The fourth-order valence-electron chi connectivity index (χ4n) is 2.95. The second-order valence-corrected chi connectivity index (χ2v) is 5.78. The van der Waals surface area contributed by atoms with Crippen molar-refractivity contribution in [3.8, 4) is 0 Å². The summed E-state index contributed by atoms with van der Waals surface area (Å²) >= 11 is 0. The topological polar surface area (TPSA) is 40.7 Å². The van der Waals surface area contributed by atoms with Gasteiger partial charge in [0, 0.05) is 17.1 Å². The Kier molecular flexibility index (Phi) is 2.98. The standard InChI is InChI=1S/C15H21N3/c1-10-3-4-13(7-11(10)2)17-14-5-6-15-12(8-14)9-16-18-15/h5-6,8-11,13,17H,3-4,7H2,1-2H3,(H,16,18). The van der Waals surface area contributed by atoms with E-state index in [2.05, 4.69) is 47.6 Å². The molecule has 0 amide bonds. The zero-order valence-electron chi connectivity index (χ0n) is 11.1. The van der Waals surface area contributed by atoms with Crippen molar-refractivity contribution in [2.75, 3.05) is 5.32 Å². The minimum absolute atomic E-state index is 0.626. The molecule has 0 radical (unpaired) electrons. The summed E-state index contributed by atoms with van der Waals surface area (Å²) in [5.41, 5.74) is 2.32. The van der Waals surface area contributed by atoms with Crippen LogP contribution in [0.1, 0.15) is 33.1 Å². The normalized spacial score (nSPS) is 28.4. The van der Waals surface area contributed by atoms with Gasteiger partial charge in [0.2, 0.25) is 0 Å². The molecule has 1 fully saturated rings. The monoisotopic (exact) mass is 243 g/mol. The molecule has 3 unspecified atom stereocenters. The van der Waals surface area contributed by atoms with Gasteiger partial charge >= 0.3 is 0 Å². The lowest BCUT2D eigenvalue weighted by Crippen LogP contribution is -2.30. The predicted octanol–water partition coefficient (Wildman–Crippen LogP) is 3.80. The molecule has 18 heavy (non-hydrogen) atoms. The molecular formula is C15H21N3. The maximum atomic E-state index is 4.06. The molecule has 3 atom stereocenters. The van der Waals surface area contributed by atoms with Crippen LogP contribution in [0.15, 0.2) is 24.4 Å². The number of rotatable bonds is 2. The fourth-order valence-corrected chi connectivity index (χ4v) is 2.95. The molecule has 1 aliphatic rings. The highest BCUT2D eigenvalue weighted by Gasteiger charge is 2.24. The van der Waals surface area contributed by atoms with Crippen LogP contribution in [-0.2, 0) is 0 Å². The largest absolute Gasteiger partial charge is 0.382 e. The molecule has 3 nitrogen and oxygen atoms in total. The number of hydrogen-bond acceptors (Lipinski definition) is 2. The first-order chi connectivity index (χ1) is 8.72. The van der Waals surface area contributed by atoms with Crippen molar-refractivity contribution in [2.45, 2.75) is 39.2 Å². The molecule has 2 N–H and O–H groups in total. The molecule has 2 aromatic rings. The molecule has 0 saturated heterocycles. The van der Waals surface area contributed by atoms with Crippen LogP contribution in [0, 0.1) is 11.8 Å². The number of aromatic nitrogens is 2. The molecule has 1 saturated carbocycles. The average molecular weight is 243 g/mol. The van der Waals surface area contributed by atoms with Gasteiger partial charge in [0.1, 0.15) is 0 Å². The maximum absolute atomic E-state index is 4.06. The Labute approximate surface area is 108 Å².